The normalized spacial score (nSPS) is 12.1. The van der Waals surface area contributed by atoms with Gasteiger partial charge in [-0.1, -0.05) is 23.7 Å². The van der Waals surface area contributed by atoms with E-state index in [4.69, 9.17) is 11.6 Å². The number of nitrogens with zero attached hydrogens (tertiary/aromatic N) is 5. The van der Waals surface area contributed by atoms with Crippen molar-refractivity contribution in [2.24, 2.45) is 0 Å². The Labute approximate surface area is 133 Å². The molecule has 0 radical (unpaired) electrons. The molecule has 0 aliphatic heterocycles. The molecular weight excluding hydrogens is 324 g/mol. The van der Waals surface area contributed by atoms with E-state index in [0.717, 1.165) is 4.52 Å². The molecule has 0 aliphatic carbocycles. The molecular formula is C15H8ClF2N5. The smallest absolute Gasteiger partial charge is 0.256 e. The molecule has 0 fully saturated rings. The third-order valence-electron chi connectivity index (χ3n) is 3.48. The lowest BCUT2D eigenvalue weighted by atomic mass is 10.0. The average molecular weight is 332 g/mol. The first kappa shape index (κ1) is 14.0. The second-order valence-corrected chi connectivity index (χ2v) is 5.32. The number of hydrogen-bond donors (Lipinski definition) is 0. The van der Waals surface area contributed by atoms with Crippen LogP contribution in [0.3, 0.4) is 0 Å². The van der Waals surface area contributed by atoms with E-state index in [0.29, 0.717) is 10.9 Å². The van der Waals surface area contributed by atoms with Crippen molar-refractivity contribution in [3.63, 3.8) is 0 Å². The number of hydrogen-bond acceptors (Lipinski definition) is 4. The summed E-state index contributed by atoms with van der Waals surface area (Å²) in [6.07, 6.45) is 1.61. The van der Waals surface area contributed by atoms with Gasteiger partial charge in [-0.2, -0.15) is 18.4 Å². The van der Waals surface area contributed by atoms with Gasteiger partial charge in [-0.15, -0.1) is 10.2 Å². The predicted molar refractivity (Wildman–Crippen MR) is 80.5 cm³/mol. The van der Waals surface area contributed by atoms with Gasteiger partial charge in [-0.05, 0) is 30.3 Å². The topological polar surface area (TPSA) is 56.0 Å². The van der Waals surface area contributed by atoms with Gasteiger partial charge in [0.25, 0.3) is 0 Å². The maximum absolute atomic E-state index is 14.9. The van der Waals surface area contributed by atoms with E-state index in [9.17, 15) is 8.78 Å². The quantitative estimate of drug-likeness (QED) is 0.564. The molecule has 23 heavy (non-hydrogen) atoms. The van der Waals surface area contributed by atoms with Gasteiger partial charge in [0.1, 0.15) is 5.15 Å². The Balaban J connectivity index is 1.91. The fourth-order valence-corrected chi connectivity index (χ4v) is 2.50. The summed E-state index contributed by atoms with van der Waals surface area (Å²) in [5.74, 6) is -3.96. The largest absolute Gasteiger partial charge is 0.333 e. The molecule has 0 aliphatic rings. The fraction of sp³-hybridized carbons (Fsp3) is 0.0667. The second kappa shape index (κ2) is 4.92. The molecule has 3 aromatic heterocycles. The van der Waals surface area contributed by atoms with Crippen LogP contribution < -0.4 is 0 Å². The van der Waals surface area contributed by atoms with Gasteiger partial charge in [0.05, 0.1) is 5.52 Å². The number of alkyl halides is 2. The Hall–Kier alpha value is -2.67. The maximum Gasteiger partial charge on any atom is 0.333 e. The maximum atomic E-state index is 14.9. The van der Waals surface area contributed by atoms with Crippen LogP contribution in [0.15, 0.2) is 48.7 Å². The molecule has 4 rings (SSSR count). The summed E-state index contributed by atoms with van der Waals surface area (Å²) in [6, 6.07) is 10.6. The molecule has 8 heteroatoms. The lowest BCUT2D eigenvalue weighted by Crippen LogP contribution is -2.20. The van der Waals surface area contributed by atoms with Gasteiger partial charge in [-0.3, -0.25) is 4.98 Å². The van der Waals surface area contributed by atoms with Crippen LogP contribution >= 0.6 is 11.6 Å². The van der Waals surface area contributed by atoms with Crippen molar-refractivity contribution in [1.29, 1.82) is 0 Å². The Morgan fingerprint density at radius 3 is 2.78 bits per heavy atom. The van der Waals surface area contributed by atoms with Crippen LogP contribution in [-0.2, 0) is 5.92 Å². The average Bonchev–Trinajstić information content (AvgIpc) is 2.98. The number of rotatable bonds is 2. The summed E-state index contributed by atoms with van der Waals surface area (Å²) in [4.78, 5) is 4.12. The first-order valence-corrected chi connectivity index (χ1v) is 7.05. The minimum absolute atomic E-state index is 0.0806. The van der Waals surface area contributed by atoms with Crippen LogP contribution in [0.4, 0.5) is 8.78 Å². The highest BCUT2D eigenvalue weighted by Gasteiger charge is 2.40. The van der Waals surface area contributed by atoms with Crippen molar-refractivity contribution < 1.29 is 8.78 Å². The summed E-state index contributed by atoms with van der Waals surface area (Å²) < 4.78 is 30.7. The summed E-state index contributed by atoms with van der Waals surface area (Å²) >= 11 is 5.78. The summed E-state index contributed by atoms with van der Waals surface area (Å²) in [5.41, 5.74) is 0.625. The van der Waals surface area contributed by atoms with Crippen molar-refractivity contribution in [1.82, 2.24) is 24.8 Å². The number of halogens is 3. The Morgan fingerprint density at radius 2 is 1.91 bits per heavy atom. The lowest BCUT2D eigenvalue weighted by molar-refractivity contribution is 0.0307. The fourth-order valence-electron chi connectivity index (χ4n) is 2.36. The van der Waals surface area contributed by atoms with Gasteiger partial charge in [-0.25, -0.2) is 0 Å². The van der Waals surface area contributed by atoms with Gasteiger partial charge < -0.3 is 0 Å². The molecule has 0 unspecified atom stereocenters. The monoisotopic (exact) mass is 331 g/mol. The Morgan fingerprint density at radius 1 is 1.04 bits per heavy atom. The Bertz CT molecular complexity index is 1030. The SMILES string of the molecule is FC(F)(c1ccc2ncccc2c1)c1nnc2ccc(Cl)nn12. The number of benzene rings is 1. The van der Waals surface area contributed by atoms with E-state index in [-0.39, 0.29) is 16.4 Å². The minimum atomic E-state index is -3.37. The van der Waals surface area contributed by atoms with E-state index in [1.807, 2.05) is 0 Å². The zero-order valence-corrected chi connectivity index (χ0v) is 12.2. The summed E-state index contributed by atoms with van der Waals surface area (Å²) in [6.45, 7) is 0. The molecule has 0 bridgehead atoms. The van der Waals surface area contributed by atoms with Crippen LogP contribution in [0.1, 0.15) is 11.4 Å². The number of pyridine rings is 1. The molecule has 5 nitrogen and oxygen atoms in total. The van der Waals surface area contributed by atoms with E-state index in [1.54, 1.807) is 24.4 Å². The third-order valence-corrected chi connectivity index (χ3v) is 3.68. The standard InChI is InChI=1S/C15H8ClF2N5/c16-12-5-6-13-20-21-14(23(13)22-12)15(17,18)10-3-4-11-9(8-10)2-1-7-19-11/h1-8H. The first-order valence-electron chi connectivity index (χ1n) is 6.67. The molecule has 114 valence electrons. The molecule has 1 aromatic carbocycles. The van der Waals surface area contributed by atoms with Crippen LogP contribution in [0.25, 0.3) is 16.6 Å². The van der Waals surface area contributed by atoms with Crippen LogP contribution in [0.5, 0.6) is 0 Å². The molecule has 0 saturated carbocycles. The van der Waals surface area contributed by atoms with Crippen molar-refractivity contribution >= 4 is 28.2 Å². The van der Waals surface area contributed by atoms with Gasteiger partial charge in [0.2, 0.25) is 5.82 Å². The van der Waals surface area contributed by atoms with E-state index < -0.39 is 11.7 Å². The molecule has 0 amide bonds. The predicted octanol–water partition coefficient (Wildman–Crippen LogP) is 3.47. The second-order valence-electron chi connectivity index (χ2n) is 4.93. The van der Waals surface area contributed by atoms with Crippen LogP contribution in [0, 0.1) is 0 Å². The van der Waals surface area contributed by atoms with Crippen molar-refractivity contribution in [2.45, 2.75) is 5.92 Å². The first-order chi connectivity index (χ1) is 11.1. The van der Waals surface area contributed by atoms with Crippen LogP contribution in [-0.4, -0.2) is 24.8 Å². The highest BCUT2D eigenvalue weighted by Crippen LogP contribution is 2.35. The zero-order chi connectivity index (χ0) is 16.0. The Kier molecular flexibility index (Phi) is 2.99. The highest BCUT2D eigenvalue weighted by atomic mass is 35.5. The number of aromatic nitrogens is 5. The molecule has 4 aromatic rings. The van der Waals surface area contributed by atoms with E-state index in [2.05, 4.69) is 20.3 Å². The molecule has 0 spiro atoms. The highest BCUT2D eigenvalue weighted by molar-refractivity contribution is 6.29. The molecule has 0 saturated heterocycles. The summed E-state index contributed by atoms with van der Waals surface area (Å²) in [5, 5.41) is 11.9. The van der Waals surface area contributed by atoms with Gasteiger partial charge in [0.15, 0.2) is 5.65 Å². The molecule has 0 atom stereocenters. The van der Waals surface area contributed by atoms with E-state index in [1.165, 1.54) is 24.3 Å². The lowest BCUT2D eigenvalue weighted by Gasteiger charge is -2.15. The molecule has 0 N–H and O–H groups in total. The van der Waals surface area contributed by atoms with Crippen LogP contribution in [0.2, 0.25) is 5.15 Å². The van der Waals surface area contributed by atoms with Crippen molar-refractivity contribution in [2.75, 3.05) is 0 Å². The van der Waals surface area contributed by atoms with Gasteiger partial charge >= 0.3 is 5.92 Å². The van der Waals surface area contributed by atoms with E-state index >= 15 is 0 Å². The zero-order valence-electron chi connectivity index (χ0n) is 11.5. The molecule has 3 heterocycles. The summed E-state index contributed by atoms with van der Waals surface area (Å²) in [7, 11) is 0. The third kappa shape index (κ3) is 2.20. The van der Waals surface area contributed by atoms with Crippen molar-refractivity contribution in [3.05, 3.63) is 65.2 Å². The number of fused-ring (bicyclic) bond motifs is 2. The minimum Gasteiger partial charge on any atom is -0.256 e. The van der Waals surface area contributed by atoms with Crippen molar-refractivity contribution in [3.8, 4) is 0 Å². The van der Waals surface area contributed by atoms with Gasteiger partial charge in [0, 0.05) is 17.1 Å².